The molecule has 0 N–H and O–H groups in total. The molecular formula is C59H58N2. The molecule has 0 radical (unpaired) electrons. The second kappa shape index (κ2) is 15.4. The molecule has 304 valence electrons. The maximum Gasteiger partial charge on any atom is 0.0563 e. The normalized spacial score (nSPS) is 32.4. The predicted octanol–water partition coefficient (Wildman–Crippen LogP) is 14.3. The Bertz CT molecular complexity index is 2550. The molecule has 0 saturated heterocycles. The van der Waals surface area contributed by atoms with Crippen LogP contribution in [0, 0.1) is 40.9 Å². The molecule has 0 aliphatic heterocycles. The van der Waals surface area contributed by atoms with Gasteiger partial charge < -0.3 is 9.80 Å². The lowest BCUT2D eigenvalue weighted by atomic mass is 9.57. The van der Waals surface area contributed by atoms with Crippen molar-refractivity contribution in [1.82, 2.24) is 0 Å². The number of rotatable bonds is 7. The molecule has 9 aliphatic carbocycles. The van der Waals surface area contributed by atoms with Gasteiger partial charge in [-0.3, -0.25) is 0 Å². The number of allylic oxidation sites excluding steroid dienone is 18. The summed E-state index contributed by atoms with van der Waals surface area (Å²) in [6.45, 7) is 0. The Morgan fingerprint density at radius 1 is 0.557 bits per heavy atom. The van der Waals surface area contributed by atoms with Crippen LogP contribution in [0.2, 0.25) is 0 Å². The van der Waals surface area contributed by atoms with Crippen molar-refractivity contribution in [2.75, 3.05) is 9.80 Å². The van der Waals surface area contributed by atoms with Crippen LogP contribution in [0.25, 0.3) is 6.08 Å². The lowest BCUT2D eigenvalue weighted by Crippen LogP contribution is -2.44. The molecule has 1 fully saturated rings. The summed E-state index contributed by atoms with van der Waals surface area (Å²) < 4.78 is 0. The standard InChI is InChI=1S/C59H58N2/c1-4-19-41(20-5-1)43-23-16-28-46(39-43)61(45-26-8-3-9-27-45)57-36-18-34-54-58(57)51-31-13-15-33-53(51)59(54)52-32-14-12-30-49(52)50-38-37-47(40-55(50)59)60(44-24-6-2-7-25-44)56-35-17-22-42-21-10-11-29-48(42)56/h1-4,6-9,11,13-15,17-19,22-27,29,31-38,46-47,49,51-54,58H,5,10,12,16,20-21,28,30,39-40H2. The highest BCUT2D eigenvalue weighted by molar-refractivity contribution is 5.78. The fourth-order valence-electron chi connectivity index (χ4n) is 14.0. The van der Waals surface area contributed by atoms with Crippen LogP contribution in [-0.2, 0) is 6.42 Å². The zero-order chi connectivity index (χ0) is 40.3. The second-order valence-corrected chi connectivity index (χ2v) is 19.1. The Balaban J connectivity index is 0.982. The highest BCUT2D eigenvalue weighted by atomic mass is 15.2. The first-order valence-electron chi connectivity index (χ1n) is 23.6. The molecular weight excluding hydrogens is 737 g/mol. The largest absolute Gasteiger partial charge is 0.341 e. The number of benzene rings is 3. The summed E-state index contributed by atoms with van der Waals surface area (Å²) in [7, 11) is 0. The number of aryl methyl sites for hydroxylation is 1. The maximum absolute atomic E-state index is 2.85. The number of nitrogens with zero attached hydrogens (tertiary/aromatic N) is 2. The summed E-state index contributed by atoms with van der Waals surface area (Å²) >= 11 is 0. The molecule has 9 atom stereocenters. The van der Waals surface area contributed by atoms with Crippen molar-refractivity contribution in [1.29, 1.82) is 0 Å². The van der Waals surface area contributed by atoms with E-state index in [-0.39, 0.29) is 11.5 Å². The molecule has 1 saturated carbocycles. The summed E-state index contributed by atoms with van der Waals surface area (Å²) in [5.41, 5.74) is 14.9. The molecule has 1 spiro atoms. The molecule has 0 amide bonds. The van der Waals surface area contributed by atoms with Crippen LogP contribution in [0.1, 0.15) is 68.9 Å². The van der Waals surface area contributed by atoms with Gasteiger partial charge in [0.15, 0.2) is 0 Å². The van der Waals surface area contributed by atoms with Crippen molar-refractivity contribution in [3.05, 3.63) is 215 Å². The first-order valence-corrected chi connectivity index (χ1v) is 23.6. The molecule has 0 heterocycles. The minimum atomic E-state index is -0.00978. The van der Waals surface area contributed by atoms with Crippen molar-refractivity contribution in [3.8, 4) is 0 Å². The van der Waals surface area contributed by atoms with Crippen molar-refractivity contribution in [2.45, 2.75) is 76.3 Å². The zero-order valence-electron chi connectivity index (χ0n) is 35.4. The van der Waals surface area contributed by atoms with Crippen molar-refractivity contribution in [2.24, 2.45) is 40.9 Å². The lowest BCUT2D eigenvalue weighted by molar-refractivity contribution is 0.137. The van der Waals surface area contributed by atoms with E-state index in [1.165, 1.54) is 53.1 Å². The van der Waals surface area contributed by atoms with E-state index in [2.05, 4.69) is 192 Å². The lowest BCUT2D eigenvalue weighted by Gasteiger charge is -2.48. The van der Waals surface area contributed by atoms with E-state index in [4.69, 9.17) is 0 Å². The molecule has 2 nitrogen and oxygen atoms in total. The Morgan fingerprint density at radius 2 is 1.38 bits per heavy atom. The number of fused-ring (bicyclic) bond motifs is 10. The second-order valence-electron chi connectivity index (χ2n) is 19.1. The van der Waals surface area contributed by atoms with Gasteiger partial charge in [0.05, 0.1) is 6.04 Å². The Kier molecular flexibility index (Phi) is 9.38. The van der Waals surface area contributed by atoms with Crippen LogP contribution >= 0.6 is 0 Å². The van der Waals surface area contributed by atoms with Gasteiger partial charge in [-0.15, -0.1) is 0 Å². The monoisotopic (exact) mass is 794 g/mol. The van der Waals surface area contributed by atoms with Crippen molar-refractivity contribution in [3.63, 3.8) is 0 Å². The van der Waals surface area contributed by atoms with Crippen LogP contribution in [0.3, 0.4) is 0 Å². The van der Waals surface area contributed by atoms with Crippen LogP contribution in [0.5, 0.6) is 0 Å². The number of hydrogen-bond acceptors (Lipinski definition) is 2. The van der Waals surface area contributed by atoms with Gasteiger partial charge in [-0.2, -0.15) is 0 Å². The Labute approximate surface area is 363 Å². The molecule has 61 heavy (non-hydrogen) atoms. The maximum atomic E-state index is 2.85. The van der Waals surface area contributed by atoms with Crippen LogP contribution in [0.15, 0.2) is 204 Å². The molecule has 3 aromatic rings. The molecule has 9 aliphatic rings. The third-order valence-electron chi connectivity index (χ3n) is 16.3. The average molecular weight is 795 g/mol. The molecule has 3 aromatic carbocycles. The smallest absolute Gasteiger partial charge is 0.0563 e. The number of para-hydroxylation sites is 2. The van der Waals surface area contributed by atoms with E-state index in [1.54, 1.807) is 22.3 Å². The molecule has 0 aromatic heterocycles. The third-order valence-corrected chi connectivity index (χ3v) is 16.3. The van der Waals surface area contributed by atoms with E-state index < -0.39 is 0 Å². The van der Waals surface area contributed by atoms with Gasteiger partial charge in [0, 0.05) is 45.7 Å². The molecule has 12 rings (SSSR count). The van der Waals surface area contributed by atoms with E-state index in [9.17, 15) is 0 Å². The van der Waals surface area contributed by atoms with E-state index >= 15 is 0 Å². The first-order chi connectivity index (χ1) is 30.3. The van der Waals surface area contributed by atoms with E-state index in [1.807, 2.05) is 0 Å². The third kappa shape index (κ3) is 5.95. The summed E-state index contributed by atoms with van der Waals surface area (Å²) in [5.74, 6) is 2.65. The zero-order valence-corrected chi connectivity index (χ0v) is 35.4. The summed E-state index contributed by atoms with van der Waals surface area (Å²) in [4.78, 5) is 5.55. The van der Waals surface area contributed by atoms with Crippen molar-refractivity contribution < 1.29 is 0 Å². The van der Waals surface area contributed by atoms with Gasteiger partial charge in [-0.25, -0.2) is 0 Å². The van der Waals surface area contributed by atoms with Crippen LogP contribution in [0.4, 0.5) is 17.1 Å². The van der Waals surface area contributed by atoms with Gasteiger partial charge >= 0.3 is 0 Å². The van der Waals surface area contributed by atoms with Gasteiger partial charge in [0.25, 0.3) is 0 Å². The summed E-state index contributed by atoms with van der Waals surface area (Å²) in [6.07, 6.45) is 54.1. The van der Waals surface area contributed by atoms with Gasteiger partial charge in [0.1, 0.15) is 0 Å². The quantitative estimate of drug-likeness (QED) is 0.220. The highest BCUT2D eigenvalue weighted by Gasteiger charge is 2.68. The minimum absolute atomic E-state index is 0.00978. The first kappa shape index (κ1) is 37.2. The Morgan fingerprint density at radius 3 is 2.23 bits per heavy atom. The van der Waals surface area contributed by atoms with Gasteiger partial charge in [-0.1, -0.05) is 151 Å². The number of anilines is 3. The molecule has 0 bridgehead atoms. The summed E-state index contributed by atoms with van der Waals surface area (Å²) in [6, 6.07) is 30.4. The fourth-order valence-corrected chi connectivity index (χ4v) is 14.0. The van der Waals surface area contributed by atoms with Crippen LogP contribution < -0.4 is 9.80 Å². The molecule has 2 heteroatoms. The Hall–Kier alpha value is -5.60. The average Bonchev–Trinajstić information content (AvgIpc) is 3.80. The summed E-state index contributed by atoms with van der Waals surface area (Å²) in [5, 5.41) is 0. The SMILES string of the molecule is C1=CCCC(C2=CCCC(N(C3=CC=CC4C3C3C=CC=CC3C43C4=C(C=CC(N(c5ccccc5)c5cccc6c5C=CCC6)C4)C4CCC=CC43)c3ccccc3)C2)=C1. The van der Waals surface area contributed by atoms with E-state index in [0.717, 1.165) is 44.9 Å². The molecule has 9 unspecified atom stereocenters. The number of hydrogen-bond donors (Lipinski definition) is 0. The minimum Gasteiger partial charge on any atom is -0.341 e. The van der Waals surface area contributed by atoms with E-state index in [0.29, 0.717) is 41.5 Å². The van der Waals surface area contributed by atoms with Crippen molar-refractivity contribution >= 4 is 23.1 Å². The van der Waals surface area contributed by atoms with Gasteiger partial charge in [-0.05, 0) is 152 Å². The fraction of sp³-hybridized carbons (Fsp3) is 0.322. The predicted molar refractivity (Wildman–Crippen MR) is 255 cm³/mol. The topological polar surface area (TPSA) is 6.48 Å². The highest BCUT2D eigenvalue weighted by Crippen LogP contribution is 2.73. The van der Waals surface area contributed by atoms with Gasteiger partial charge in [0.2, 0.25) is 0 Å². The van der Waals surface area contributed by atoms with Crippen LogP contribution in [-0.4, -0.2) is 12.1 Å².